The number of piperazine rings is 1. The van der Waals surface area contributed by atoms with Crippen LogP contribution in [0.2, 0.25) is 5.02 Å². The number of amides is 1. The third-order valence-electron chi connectivity index (χ3n) is 5.63. The highest BCUT2D eigenvalue weighted by atomic mass is 35.5. The van der Waals surface area contributed by atoms with Crippen LogP contribution in [0.4, 0.5) is 5.69 Å². The van der Waals surface area contributed by atoms with Crippen LogP contribution >= 0.6 is 11.6 Å². The third kappa shape index (κ3) is 5.72. The van der Waals surface area contributed by atoms with E-state index in [0.717, 1.165) is 44.7 Å². The summed E-state index contributed by atoms with van der Waals surface area (Å²) in [5.41, 5.74) is 2.94. The van der Waals surface area contributed by atoms with Crippen LogP contribution < -0.4 is 10.1 Å². The summed E-state index contributed by atoms with van der Waals surface area (Å²) in [6.45, 7) is 8.67. The molecule has 1 aliphatic heterocycles. The van der Waals surface area contributed by atoms with Crippen molar-refractivity contribution < 1.29 is 9.53 Å². The van der Waals surface area contributed by atoms with Gasteiger partial charge < -0.3 is 15.0 Å². The van der Waals surface area contributed by atoms with Gasteiger partial charge in [-0.3, -0.25) is 9.69 Å². The van der Waals surface area contributed by atoms with E-state index in [9.17, 15) is 4.79 Å². The lowest BCUT2D eigenvalue weighted by Crippen LogP contribution is -2.53. The molecule has 2 aromatic rings. The van der Waals surface area contributed by atoms with Gasteiger partial charge in [-0.15, -0.1) is 0 Å². The Labute approximate surface area is 178 Å². The number of methoxy groups -OCH3 is 1. The summed E-state index contributed by atoms with van der Waals surface area (Å²) < 4.78 is 5.37. The van der Waals surface area contributed by atoms with Crippen molar-refractivity contribution >= 4 is 23.2 Å². The number of hydrogen-bond acceptors (Lipinski definition) is 4. The fourth-order valence-electron chi connectivity index (χ4n) is 3.64. The first-order valence-corrected chi connectivity index (χ1v) is 10.5. The van der Waals surface area contributed by atoms with Crippen LogP contribution in [0, 0.1) is 6.92 Å². The molecule has 156 valence electrons. The van der Waals surface area contributed by atoms with Crippen molar-refractivity contribution in [2.75, 3.05) is 45.2 Å². The minimum atomic E-state index is -0.202. The van der Waals surface area contributed by atoms with Crippen LogP contribution in [-0.4, -0.2) is 61.6 Å². The standard InChI is InChI=1S/C23H30ClN3O2/c1-17-15-21(22(29-3)16-20(17)24)25-23(28)18(2)27-13-11-26(12-14-27)10-9-19-7-5-4-6-8-19/h4-8,15-16,18H,9-14H2,1-3H3,(H,25,28). The number of carbonyl (C=O) groups excluding carboxylic acids is 1. The fraction of sp³-hybridized carbons (Fsp3) is 0.435. The molecule has 29 heavy (non-hydrogen) atoms. The molecule has 0 bridgehead atoms. The molecule has 1 N–H and O–H groups in total. The summed E-state index contributed by atoms with van der Waals surface area (Å²) in [4.78, 5) is 17.5. The molecule has 6 heteroatoms. The Morgan fingerprint density at radius 2 is 1.86 bits per heavy atom. The van der Waals surface area contributed by atoms with Crippen molar-refractivity contribution in [3.63, 3.8) is 0 Å². The van der Waals surface area contributed by atoms with Crippen LogP contribution in [0.25, 0.3) is 0 Å². The third-order valence-corrected chi connectivity index (χ3v) is 6.04. The second-order valence-electron chi connectivity index (χ2n) is 7.58. The van der Waals surface area contributed by atoms with E-state index in [1.165, 1.54) is 5.56 Å². The van der Waals surface area contributed by atoms with Gasteiger partial charge in [-0.25, -0.2) is 0 Å². The van der Waals surface area contributed by atoms with Crippen LogP contribution in [0.5, 0.6) is 5.75 Å². The smallest absolute Gasteiger partial charge is 0.241 e. The Bertz CT molecular complexity index is 820. The Balaban J connectivity index is 1.50. The molecule has 3 rings (SSSR count). The molecular formula is C23H30ClN3O2. The fourth-order valence-corrected chi connectivity index (χ4v) is 3.79. The molecule has 0 spiro atoms. The highest BCUT2D eigenvalue weighted by Crippen LogP contribution is 2.31. The summed E-state index contributed by atoms with van der Waals surface area (Å²) in [6, 6.07) is 14.0. The summed E-state index contributed by atoms with van der Waals surface area (Å²) in [6.07, 6.45) is 1.06. The van der Waals surface area contributed by atoms with Crippen molar-refractivity contribution in [2.24, 2.45) is 0 Å². The van der Waals surface area contributed by atoms with Gasteiger partial charge in [0.2, 0.25) is 5.91 Å². The summed E-state index contributed by atoms with van der Waals surface area (Å²) in [5.74, 6) is 0.551. The van der Waals surface area contributed by atoms with Crippen molar-refractivity contribution in [3.8, 4) is 5.75 Å². The topological polar surface area (TPSA) is 44.8 Å². The molecule has 1 fully saturated rings. The second kappa shape index (κ2) is 10.1. The van der Waals surface area contributed by atoms with Gasteiger partial charge in [0, 0.05) is 43.8 Å². The maximum atomic E-state index is 12.8. The maximum Gasteiger partial charge on any atom is 0.241 e. The number of nitrogens with zero attached hydrogens (tertiary/aromatic N) is 2. The Kier molecular flexibility index (Phi) is 7.53. The van der Waals surface area contributed by atoms with Gasteiger partial charge in [0.05, 0.1) is 18.8 Å². The SMILES string of the molecule is COc1cc(Cl)c(C)cc1NC(=O)C(C)N1CCN(CCc2ccccc2)CC1. The normalized spacial score (nSPS) is 16.4. The first-order valence-electron chi connectivity index (χ1n) is 10.1. The summed E-state index contributed by atoms with van der Waals surface area (Å²) in [5, 5.41) is 3.63. The average Bonchev–Trinajstić information content (AvgIpc) is 2.75. The van der Waals surface area contributed by atoms with Crippen LogP contribution in [0.3, 0.4) is 0 Å². The molecule has 0 aliphatic carbocycles. The number of anilines is 1. The van der Waals surface area contributed by atoms with Gasteiger partial charge in [-0.1, -0.05) is 41.9 Å². The number of benzene rings is 2. The van der Waals surface area contributed by atoms with Crippen molar-refractivity contribution in [1.82, 2.24) is 9.80 Å². The van der Waals surface area contributed by atoms with Gasteiger partial charge in [0.25, 0.3) is 0 Å². The van der Waals surface area contributed by atoms with Crippen LogP contribution in [0.15, 0.2) is 42.5 Å². The molecule has 5 nitrogen and oxygen atoms in total. The van der Waals surface area contributed by atoms with E-state index in [1.54, 1.807) is 13.2 Å². The van der Waals surface area contributed by atoms with E-state index in [0.29, 0.717) is 16.5 Å². The molecule has 1 saturated heterocycles. The van der Waals surface area contributed by atoms with Gasteiger partial charge in [-0.2, -0.15) is 0 Å². The zero-order valence-electron chi connectivity index (χ0n) is 17.5. The van der Waals surface area contributed by atoms with E-state index in [4.69, 9.17) is 16.3 Å². The Morgan fingerprint density at radius 3 is 2.52 bits per heavy atom. The summed E-state index contributed by atoms with van der Waals surface area (Å²) >= 11 is 6.16. The number of nitrogens with one attached hydrogen (secondary N) is 1. The van der Waals surface area contributed by atoms with E-state index >= 15 is 0 Å². The quantitative estimate of drug-likeness (QED) is 0.746. The van der Waals surface area contributed by atoms with E-state index in [2.05, 4.69) is 45.4 Å². The van der Waals surface area contributed by atoms with Gasteiger partial charge in [0.15, 0.2) is 0 Å². The largest absolute Gasteiger partial charge is 0.495 e. The lowest BCUT2D eigenvalue weighted by atomic mass is 10.1. The van der Waals surface area contributed by atoms with Crippen molar-refractivity contribution in [3.05, 3.63) is 58.6 Å². The first kappa shape index (κ1) is 21.6. The van der Waals surface area contributed by atoms with Gasteiger partial charge in [0.1, 0.15) is 5.75 Å². The van der Waals surface area contributed by atoms with E-state index in [1.807, 2.05) is 19.9 Å². The maximum absolute atomic E-state index is 12.8. The molecule has 0 aromatic heterocycles. The summed E-state index contributed by atoms with van der Waals surface area (Å²) in [7, 11) is 1.58. The Hall–Kier alpha value is -2.08. The van der Waals surface area contributed by atoms with Crippen LogP contribution in [0.1, 0.15) is 18.1 Å². The lowest BCUT2D eigenvalue weighted by Gasteiger charge is -2.37. The van der Waals surface area contributed by atoms with Crippen LogP contribution in [-0.2, 0) is 11.2 Å². The lowest BCUT2D eigenvalue weighted by molar-refractivity contribution is -0.121. The molecule has 1 amide bonds. The Morgan fingerprint density at radius 1 is 1.17 bits per heavy atom. The number of rotatable bonds is 7. The number of halogens is 1. The minimum Gasteiger partial charge on any atom is -0.495 e. The number of hydrogen-bond donors (Lipinski definition) is 1. The molecule has 1 atom stereocenters. The second-order valence-corrected chi connectivity index (χ2v) is 7.99. The highest BCUT2D eigenvalue weighted by molar-refractivity contribution is 6.31. The zero-order valence-corrected chi connectivity index (χ0v) is 18.2. The molecule has 2 aromatic carbocycles. The first-order chi connectivity index (χ1) is 14.0. The molecular weight excluding hydrogens is 386 g/mol. The molecule has 1 heterocycles. The van der Waals surface area contributed by atoms with Gasteiger partial charge in [-0.05, 0) is 37.5 Å². The molecule has 0 radical (unpaired) electrons. The number of carbonyl (C=O) groups is 1. The minimum absolute atomic E-state index is 0.0252. The highest BCUT2D eigenvalue weighted by Gasteiger charge is 2.26. The van der Waals surface area contributed by atoms with Crippen molar-refractivity contribution in [2.45, 2.75) is 26.3 Å². The van der Waals surface area contributed by atoms with E-state index in [-0.39, 0.29) is 11.9 Å². The molecule has 1 unspecified atom stereocenters. The number of ether oxygens (including phenoxy) is 1. The van der Waals surface area contributed by atoms with Crippen molar-refractivity contribution in [1.29, 1.82) is 0 Å². The van der Waals surface area contributed by atoms with Gasteiger partial charge >= 0.3 is 0 Å². The zero-order chi connectivity index (χ0) is 20.8. The van der Waals surface area contributed by atoms with E-state index < -0.39 is 0 Å². The number of aryl methyl sites for hydroxylation is 1. The molecule has 0 saturated carbocycles. The predicted octanol–water partition coefficient (Wildman–Crippen LogP) is 3.84. The monoisotopic (exact) mass is 415 g/mol. The average molecular weight is 416 g/mol. The predicted molar refractivity (Wildman–Crippen MR) is 119 cm³/mol. The molecule has 1 aliphatic rings.